The minimum atomic E-state index is -0.600. The molecule has 1 N–H and O–H groups in total. The Hall–Kier alpha value is -4.70. The van der Waals surface area contributed by atoms with Gasteiger partial charge >= 0.3 is 0 Å². The van der Waals surface area contributed by atoms with Gasteiger partial charge in [0.2, 0.25) is 11.8 Å². The van der Waals surface area contributed by atoms with Crippen LogP contribution >= 0.6 is 0 Å². The first kappa shape index (κ1) is 30.3. The van der Waals surface area contributed by atoms with E-state index in [4.69, 9.17) is 0 Å². The van der Waals surface area contributed by atoms with Crippen molar-refractivity contribution in [3.63, 3.8) is 0 Å². The number of aldehydes is 1. The van der Waals surface area contributed by atoms with E-state index in [0.717, 1.165) is 67.0 Å². The third-order valence-corrected chi connectivity index (χ3v) is 9.18. The first-order chi connectivity index (χ1) is 21.7. The molecule has 45 heavy (non-hydrogen) atoms. The Labute approximate surface area is 263 Å². The van der Waals surface area contributed by atoms with Crippen molar-refractivity contribution in [1.82, 2.24) is 20.1 Å². The maximum atomic E-state index is 13.1. The summed E-state index contributed by atoms with van der Waals surface area (Å²) in [6, 6.07) is 15.3. The summed E-state index contributed by atoms with van der Waals surface area (Å²) in [7, 11) is 1.92. The maximum Gasteiger partial charge on any atom is 0.255 e. The smallest absolute Gasteiger partial charge is 0.255 e. The van der Waals surface area contributed by atoms with Crippen LogP contribution < -0.4 is 10.2 Å². The topological polar surface area (TPSA) is 115 Å². The number of hydrogen-bond donors (Lipinski definition) is 1. The molecule has 1 aromatic heterocycles. The number of carbonyl (C=O) groups is 4. The van der Waals surface area contributed by atoms with Crippen LogP contribution in [-0.2, 0) is 22.7 Å². The van der Waals surface area contributed by atoms with E-state index in [1.165, 1.54) is 5.56 Å². The van der Waals surface area contributed by atoms with E-state index in [2.05, 4.69) is 32.3 Å². The summed E-state index contributed by atoms with van der Waals surface area (Å²) < 4.78 is 0. The van der Waals surface area contributed by atoms with Crippen molar-refractivity contribution in [1.29, 1.82) is 0 Å². The molecular formula is C35H38N6O4. The molecule has 232 valence electrons. The summed E-state index contributed by atoms with van der Waals surface area (Å²) in [5.41, 5.74) is 7.92. The van der Waals surface area contributed by atoms with Crippen LogP contribution in [-0.4, -0.2) is 71.3 Å². The van der Waals surface area contributed by atoms with Gasteiger partial charge in [-0.15, -0.1) is 0 Å². The van der Waals surface area contributed by atoms with E-state index < -0.39 is 6.04 Å². The summed E-state index contributed by atoms with van der Waals surface area (Å²) in [5, 5.41) is 2.36. The number of nitrogens with one attached hydrogen (secondary N) is 1. The van der Waals surface area contributed by atoms with Crippen LogP contribution in [0.15, 0.2) is 53.5 Å². The maximum absolute atomic E-state index is 13.1. The van der Waals surface area contributed by atoms with Crippen LogP contribution in [0.2, 0.25) is 0 Å². The van der Waals surface area contributed by atoms with Gasteiger partial charge in [-0.25, -0.2) is 4.99 Å². The molecule has 0 saturated carbocycles. The average Bonchev–Trinajstić information content (AvgIpc) is 3.35. The summed E-state index contributed by atoms with van der Waals surface area (Å²) in [6.07, 6.45) is 5.18. The van der Waals surface area contributed by atoms with E-state index >= 15 is 0 Å². The fourth-order valence-electron chi connectivity index (χ4n) is 6.71. The lowest BCUT2D eigenvalue weighted by Gasteiger charge is -2.32. The highest BCUT2D eigenvalue weighted by molar-refractivity contribution is 6.05. The van der Waals surface area contributed by atoms with Crippen LogP contribution in [0.4, 0.5) is 11.4 Å². The number of anilines is 1. The fraction of sp³-hybridized carbons (Fsp3) is 0.371. The number of pyridine rings is 1. The number of likely N-dealkylation sites (tertiary alicyclic amines) is 1. The van der Waals surface area contributed by atoms with Crippen molar-refractivity contribution < 1.29 is 19.2 Å². The Balaban J connectivity index is 1.05. The van der Waals surface area contributed by atoms with Gasteiger partial charge < -0.3 is 9.80 Å². The van der Waals surface area contributed by atoms with Crippen molar-refractivity contribution in [2.75, 3.05) is 25.0 Å². The van der Waals surface area contributed by atoms with Gasteiger partial charge in [-0.2, -0.15) is 0 Å². The fourth-order valence-corrected chi connectivity index (χ4v) is 6.71. The van der Waals surface area contributed by atoms with Crippen molar-refractivity contribution in [2.45, 2.75) is 64.6 Å². The first-order valence-corrected chi connectivity index (χ1v) is 15.5. The SMILES string of the molecule is Cc1ccc(N(C)/C=N\c2ccc(CN3CCC(c4ccc5c(c4)CN(C4CCC(=O)NC4=O)C5=O)CC3)cc2C=O)c(C)n1. The van der Waals surface area contributed by atoms with E-state index in [1.807, 2.05) is 62.2 Å². The number of aliphatic imine (C=N–C) groups is 1. The third kappa shape index (κ3) is 6.42. The van der Waals surface area contributed by atoms with Gasteiger partial charge in [0, 0.05) is 43.4 Å². The number of carbonyl (C=O) groups excluding carboxylic acids is 4. The monoisotopic (exact) mass is 606 g/mol. The highest BCUT2D eigenvalue weighted by Gasteiger charge is 2.39. The number of benzene rings is 2. The number of amides is 3. The molecule has 10 nitrogen and oxygen atoms in total. The lowest BCUT2D eigenvalue weighted by Crippen LogP contribution is -2.52. The van der Waals surface area contributed by atoms with Crippen molar-refractivity contribution in [3.05, 3.63) is 87.7 Å². The van der Waals surface area contributed by atoms with Gasteiger partial charge in [0.25, 0.3) is 5.91 Å². The molecule has 3 amide bonds. The largest absolute Gasteiger partial charge is 0.334 e. The molecule has 10 heteroatoms. The van der Waals surface area contributed by atoms with Gasteiger partial charge in [0.05, 0.1) is 23.4 Å². The molecule has 3 aliphatic heterocycles. The highest BCUT2D eigenvalue weighted by atomic mass is 16.2. The number of rotatable bonds is 8. The van der Waals surface area contributed by atoms with Gasteiger partial charge in [-0.05, 0) is 99.1 Å². The van der Waals surface area contributed by atoms with Gasteiger partial charge in [-0.1, -0.05) is 18.2 Å². The molecule has 3 aromatic rings. The number of piperidine rings is 2. The molecule has 0 spiro atoms. The molecule has 1 atom stereocenters. The second-order valence-corrected chi connectivity index (χ2v) is 12.3. The van der Waals surface area contributed by atoms with E-state index in [0.29, 0.717) is 35.7 Å². The molecule has 0 radical (unpaired) electrons. The van der Waals surface area contributed by atoms with Crippen LogP contribution in [0.3, 0.4) is 0 Å². The zero-order chi connectivity index (χ0) is 31.7. The predicted molar refractivity (Wildman–Crippen MR) is 172 cm³/mol. The van der Waals surface area contributed by atoms with Crippen LogP contribution in [0, 0.1) is 13.8 Å². The molecule has 2 aromatic carbocycles. The normalized spacial score (nSPS) is 19.2. The second kappa shape index (κ2) is 12.7. The molecule has 2 saturated heterocycles. The number of nitrogens with zero attached hydrogens (tertiary/aromatic N) is 5. The van der Waals surface area contributed by atoms with Gasteiger partial charge in [0.15, 0.2) is 6.29 Å². The van der Waals surface area contributed by atoms with Crippen molar-refractivity contribution >= 4 is 41.7 Å². The van der Waals surface area contributed by atoms with E-state index in [-0.39, 0.29) is 24.1 Å². The third-order valence-electron chi connectivity index (χ3n) is 9.18. The number of aryl methyl sites for hydroxylation is 2. The van der Waals surface area contributed by atoms with Crippen LogP contribution in [0.5, 0.6) is 0 Å². The summed E-state index contributed by atoms with van der Waals surface area (Å²) in [4.78, 5) is 64.0. The molecule has 0 bridgehead atoms. The zero-order valence-corrected chi connectivity index (χ0v) is 26.0. The Morgan fingerprint density at radius 2 is 1.82 bits per heavy atom. The molecule has 2 fully saturated rings. The van der Waals surface area contributed by atoms with Crippen LogP contribution in [0.25, 0.3) is 0 Å². The lowest BCUT2D eigenvalue weighted by atomic mass is 9.87. The Kier molecular flexibility index (Phi) is 8.58. The molecule has 0 aliphatic carbocycles. The lowest BCUT2D eigenvalue weighted by molar-refractivity contribution is -0.136. The Bertz CT molecular complexity index is 1690. The summed E-state index contributed by atoms with van der Waals surface area (Å²) in [6.45, 7) is 6.93. The van der Waals surface area contributed by atoms with Crippen molar-refractivity contribution in [3.8, 4) is 0 Å². The standard InChI is InChI=1S/C35H38N6O4/c1-22-4-9-31(23(2)37-22)39(3)21-36-30-8-5-24(16-28(30)20-42)18-40-14-12-25(13-15-40)26-6-7-29-27(17-26)19-41(35(29)45)32-10-11-33(43)38-34(32)44/h4-9,16-17,20-21,25,32H,10-15,18-19H2,1-3H3,(H,38,43,44)/b36-21-. The average molecular weight is 607 g/mol. The van der Waals surface area contributed by atoms with Crippen molar-refractivity contribution in [2.24, 2.45) is 4.99 Å². The Morgan fingerprint density at radius 3 is 2.56 bits per heavy atom. The van der Waals surface area contributed by atoms with Gasteiger partial charge in [0.1, 0.15) is 6.04 Å². The molecule has 4 heterocycles. The highest BCUT2D eigenvalue weighted by Crippen LogP contribution is 2.34. The predicted octanol–water partition coefficient (Wildman–Crippen LogP) is 4.45. The number of aromatic nitrogens is 1. The molecular weight excluding hydrogens is 568 g/mol. The van der Waals surface area contributed by atoms with E-state index in [1.54, 1.807) is 11.2 Å². The summed E-state index contributed by atoms with van der Waals surface area (Å²) >= 11 is 0. The second-order valence-electron chi connectivity index (χ2n) is 12.3. The number of fused-ring (bicyclic) bond motifs is 1. The Morgan fingerprint density at radius 1 is 1.02 bits per heavy atom. The molecule has 6 rings (SSSR count). The quantitative estimate of drug-likeness (QED) is 0.174. The minimum Gasteiger partial charge on any atom is -0.334 e. The van der Waals surface area contributed by atoms with Crippen LogP contribution in [0.1, 0.15) is 80.4 Å². The number of hydrogen-bond acceptors (Lipinski definition) is 7. The first-order valence-electron chi connectivity index (χ1n) is 15.5. The molecule has 1 unspecified atom stereocenters. The van der Waals surface area contributed by atoms with E-state index in [9.17, 15) is 19.2 Å². The zero-order valence-electron chi connectivity index (χ0n) is 26.0. The molecule has 3 aliphatic rings. The minimum absolute atomic E-state index is 0.141. The van der Waals surface area contributed by atoms with Gasteiger partial charge in [-0.3, -0.25) is 34.4 Å². The number of imide groups is 1. The summed E-state index contributed by atoms with van der Waals surface area (Å²) in [5.74, 6) is -0.424.